The van der Waals surface area contributed by atoms with Gasteiger partial charge >= 0.3 is 5.69 Å². The van der Waals surface area contributed by atoms with Gasteiger partial charge in [-0.05, 0) is 38.5 Å². The third-order valence-electron chi connectivity index (χ3n) is 8.12. The van der Waals surface area contributed by atoms with E-state index in [9.17, 15) is 23.8 Å². The summed E-state index contributed by atoms with van der Waals surface area (Å²) in [6.45, 7) is 9.36. The van der Waals surface area contributed by atoms with E-state index in [2.05, 4.69) is 20.2 Å². The molecule has 0 amide bonds. The number of aliphatic hydroxyl groups is 2. The standard InChI is InChI=1S/C28H38ClF2N7O3/c1-17-13-36(14-18(2)28(17,30)31)25-32-12-21(29)24(34-25)33-19-5-6-22-23(11-19)37(8-7-27(3,4)41)26(40)38(22)10-9-35-15-20(39)16-35/h5-6,11-12,17-18,20,39,41H,7-10,13-16H2,1-4H3,(H,32,33,34)/t17-,18+. The third kappa shape index (κ3) is 6.20. The van der Waals surface area contributed by atoms with Gasteiger partial charge in [-0.2, -0.15) is 4.98 Å². The van der Waals surface area contributed by atoms with Crippen molar-refractivity contribution >= 4 is 40.1 Å². The predicted octanol–water partition coefficient (Wildman–Crippen LogP) is 3.56. The smallest absolute Gasteiger partial charge is 0.329 e. The zero-order chi connectivity index (χ0) is 29.7. The number of likely N-dealkylation sites (tertiary alicyclic amines) is 1. The van der Waals surface area contributed by atoms with Crippen LogP contribution in [0.5, 0.6) is 0 Å². The van der Waals surface area contributed by atoms with Gasteiger partial charge in [0.05, 0.1) is 28.9 Å². The predicted molar refractivity (Wildman–Crippen MR) is 155 cm³/mol. The highest BCUT2D eigenvalue weighted by Gasteiger charge is 2.47. The highest BCUT2D eigenvalue weighted by atomic mass is 35.5. The Balaban J connectivity index is 1.43. The highest BCUT2D eigenvalue weighted by Crippen LogP contribution is 2.39. The summed E-state index contributed by atoms with van der Waals surface area (Å²) in [6.07, 6.45) is 1.52. The van der Waals surface area contributed by atoms with Crippen molar-refractivity contribution in [1.29, 1.82) is 0 Å². The summed E-state index contributed by atoms with van der Waals surface area (Å²) in [5.41, 5.74) is 0.963. The normalized spacial score (nSPS) is 21.8. The summed E-state index contributed by atoms with van der Waals surface area (Å²) in [5, 5.41) is 23.4. The van der Waals surface area contributed by atoms with E-state index in [4.69, 9.17) is 11.6 Å². The molecule has 5 rings (SSSR count). The molecule has 224 valence electrons. The molecule has 0 saturated carbocycles. The second kappa shape index (κ2) is 11.1. The first kappa shape index (κ1) is 29.7. The number of halogens is 3. The molecule has 1 aromatic carbocycles. The van der Waals surface area contributed by atoms with Crippen molar-refractivity contribution in [1.82, 2.24) is 24.0 Å². The van der Waals surface area contributed by atoms with Crippen LogP contribution in [0.25, 0.3) is 11.0 Å². The lowest BCUT2D eigenvalue weighted by atomic mass is 9.87. The van der Waals surface area contributed by atoms with Gasteiger partial charge in [-0.25, -0.2) is 18.6 Å². The van der Waals surface area contributed by atoms with Gasteiger partial charge in [0.2, 0.25) is 5.95 Å². The zero-order valence-corrected chi connectivity index (χ0v) is 24.6. The second-order valence-electron chi connectivity index (χ2n) is 12.1. The van der Waals surface area contributed by atoms with Crippen LogP contribution in [0.1, 0.15) is 34.1 Å². The Kier molecular flexibility index (Phi) is 8.05. The van der Waals surface area contributed by atoms with E-state index in [1.165, 1.54) is 20.0 Å². The van der Waals surface area contributed by atoms with Crippen LogP contribution < -0.4 is 15.9 Å². The van der Waals surface area contributed by atoms with E-state index in [1.807, 2.05) is 18.2 Å². The first-order chi connectivity index (χ1) is 19.2. The minimum atomic E-state index is -2.76. The Hall–Kier alpha value is -2.80. The number of fused-ring (bicyclic) bond motifs is 1. The van der Waals surface area contributed by atoms with Crippen molar-refractivity contribution in [3.63, 3.8) is 0 Å². The van der Waals surface area contributed by atoms with Gasteiger partial charge in [-0.3, -0.25) is 14.0 Å². The monoisotopic (exact) mass is 593 g/mol. The molecular formula is C28H38ClF2N7O3. The average molecular weight is 594 g/mol. The maximum atomic E-state index is 14.4. The first-order valence-corrected chi connectivity index (χ1v) is 14.4. The fraction of sp³-hybridized carbons (Fsp3) is 0.607. The molecular weight excluding hydrogens is 556 g/mol. The average Bonchev–Trinajstić information content (AvgIpc) is 3.13. The van der Waals surface area contributed by atoms with Gasteiger partial charge in [-0.1, -0.05) is 25.4 Å². The largest absolute Gasteiger partial charge is 0.390 e. The number of anilines is 3. The molecule has 0 unspecified atom stereocenters. The van der Waals surface area contributed by atoms with Crippen LogP contribution >= 0.6 is 11.6 Å². The summed E-state index contributed by atoms with van der Waals surface area (Å²) >= 11 is 6.43. The van der Waals surface area contributed by atoms with E-state index in [-0.39, 0.29) is 29.9 Å². The molecule has 2 fully saturated rings. The van der Waals surface area contributed by atoms with E-state index < -0.39 is 23.4 Å². The fourth-order valence-electron chi connectivity index (χ4n) is 5.54. The Morgan fingerprint density at radius 3 is 2.37 bits per heavy atom. The molecule has 2 atom stereocenters. The number of imidazole rings is 1. The van der Waals surface area contributed by atoms with E-state index in [0.29, 0.717) is 62.1 Å². The minimum Gasteiger partial charge on any atom is -0.390 e. The number of aromatic nitrogens is 4. The molecule has 0 radical (unpaired) electrons. The Morgan fingerprint density at radius 2 is 1.73 bits per heavy atom. The number of hydrogen-bond donors (Lipinski definition) is 3. The number of benzene rings is 1. The van der Waals surface area contributed by atoms with Crippen molar-refractivity contribution in [3.8, 4) is 0 Å². The van der Waals surface area contributed by atoms with Gasteiger partial charge in [-0.15, -0.1) is 0 Å². The van der Waals surface area contributed by atoms with E-state index in [0.717, 1.165) is 5.52 Å². The molecule has 41 heavy (non-hydrogen) atoms. The molecule has 0 aliphatic carbocycles. The Bertz CT molecular complexity index is 1450. The van der Waals surface area contributed by atoms with Crippen molar-refractivity contribution in [3.05, 3.63) is 39.9 Å². The number of nitrogens with zero attached hydrogens (tertiary/aromatic N) is 6. The number of piperidine rings is 1. The van der Waals surface area contributed by atoms with Crippen molar-refractivity contribution < 1.29 is 19.0 Å². The number of alkyl halides is 2. The maximum absolute atomic E-state index is 14.4. The van der Waals surface area contributed by atoms with Crippen LogP contribution in [0.3, 0.4) is 0 Å². The Labute approximate surface area is 242 Å². The summed E-state index contributed by atoms with van der Waals surface area (Å²) < 4.78 is 32.2. The first-order valence-electron chi connectivity index (χ1n) is 14.0. The van der Waals surface area contributed by atoms with Crippen molar-refractivity contribution in [2.75, 3.05) is 42.9 Å². The van der Waals surface area contributed by atoms with Crippen LogP contribution in [0.15, 0.2) is 29.2 Å². The lowest BCUT2D eigenvalue weighted by Gasteiger charge is -2.41. The minimum absolute atomic E-state index is 0.127. The lowest BCUT2D eigenvalue weighted by Crippen LogP contribution is -2.52. The van der Waals surface area contributed by atoms with Gasteiger partial charge in [0.1, 0.15) is 5.02 Å². The fourth-order valence-corrected chi connectivity index (χ4v) is 5.68. The molecule has 2 saturated heterocycles. The van der Waals surface area contributed by atoms with Crippen LogP contribution in [0.2, 0.25) is 5.02 Å². The molecule has 13 heteroatoms. The molecule has 2 aliphatic rings. The van der Waals surface area contributed by atoms with Gasteiger partial charge in [0, 0.05) is 63.3 Å². The SMILES string of the molecule is C[C@@H]1CN(c2ncc(Cl)c(Nc3ccc4c(c3)n(CCC(C)(C)O)c(=O)n4CCN3CC(O)C3)n2)C[C@H](C)C1(F)F. The Morgan fingerprint density at radius 1 is 1.07 bits per heavy atom. The number of rotatable bonds is 9. The van der Waals surface area contributed by atoms with Crippen molar-refractivity contribution in [2.24, 2.45) is 11.8 Å². The molecule has 0 spiro atoms. The quantitative estimate of drug-likeness (QED) is 0.345. The van der Waals surface area contributed by atoms with Gasteiger partial charge in [0.25, 0.3) is 5.92 Å². The van der Waals surface area contributed by atoms with Gasteiger partial charge < -0.3 is 20.4 Å². The van der Waals surface area contributed by atoms with Crippen LogP contribution in [0, 0.1) is 11.8 Å². The molecule has 2 aromatic heterocycles. The topological polar surface area (TPSA) is 112 Å². The number of hydrogen-bond acceptors (Lipinski definition) is 8. The van der Waals surface area contributed by atoms with Crippen LogP contribution in [-0.2, 0) is 13.1 Å². The van der Waals surface area contributed by atoms with E-state index >= 15 is 0 Å². The lowest BCUT2D eigenvalue weighted by molar-refractivity contribution is -0.105. The molecule has 3 N–H and O–H groups in total. The molecule has 10 nitrogen and oxygen atoms in total. The molecule has 2 aliphatic heterocycles. The summed E-state index contributed by atoms with van der Waals surface area (Å²) in [5.74, 6) is -3.81. The van der Waals surface area contributed by atoms with Gasteiger partial charge in [0.15, 0.2) is 5.82 Å². The molecule has 4 heterocycles. The van der Waals surface area contributed by atoms with E-state index in [1.54, 1.807) is 27.9 Å². The number of β-amino-alcohol motifs (C(OH)–C–C–N with tert-alkyl or cyclic N) is 1. The third-order valence-corrected chi connectivity index (χ3v) is 8.40. The summed E-state index contributed by atoms with van der Waals surface area (Å²) in [4.78, 5) is 26.2. The molecule has 0 bridgehead atoms. The summed E-state index contributed by atoms with van der Waals surface area (Å²) in [7, 11) is 0. The highest BCUT2D eigenvalue weighted by molar-refractivity contribution is 6.32. The number of aliphatic hydroxyl groups excluding tert-OH is 1. The summed E-state index contributed by atoms with van der Waals surface area (Å²) in [6, 6.07) is 5.53. The van der Waals surface area contributed by atoms with Crippen LogP contribution in [-0.4, -0.2) is 84.6 Å². The zero-order valence-electron chi connectivity index (χ0n) is 23.8. The second-order valence-corrected chi connectivity index (χ2v) is 12.5. The molecule has 3 aromatic rings. The number of nitrogens with one attached hydrogen (secondary N) is 1. The number of aryl methyl sites for hydroxylation is 1. The van der Waals surface area contributed by atoms with Crippen LogP contribution in [0.4, 0.5) is 26.2 Å². The maximum Gasteiger partial charge on any atom is 0.329 e. The van der Waals surface area contributed by atoms with Crippen molar-refractivity contribution in [2.45, 2.75) is 64.8 Å².